The molecule has 0 spiro atoms. The predicted molar refractivity (Wildman–Crippen MR) is 86.8 cm³/mol. The van der Waals surface area contributed by atoms with Gasteiger partial charge >= 0.3 is 0 Å². The van der Waals surface area contributed by atoms with Crippen LogP contribution in [0.25, 0.3) is 5.69 Å². The van der Waals surface area contributed by atoms with E-state index in [1.54, 1.807) is 18.2 Å². The molecule has 3 rings (SSSR count). The molecule has 1 N–H and O–H groups in total. The van der Waals surface area contributed by atoms with E-state index in [9.17, 15) is 12.8 Å². The normalized spacial score (nSPS) is 11.8. The van der Waals surface area contributed by atoms with Crippen LogP contribution in [0.2, 0.25) is 0 Å². The van der Waals surface area contributed by atoms with Gasteiger partial charge in [-0.25, -0.2) is 17.5 Å². The van der Waals surface area contributed by atoms with Crippen molar-refractivity contribution in [1.29, 1.82) is 0 Å². The monoisotopic (exact) mass is 367 g/mol. The molecule has 3 aromatic rings. The quantitative estimate of drug-likeness (QED) is 0.719. The lowest BCUT2D eigenvalue weighted by atomic mass is 10.3. The summed E-state index contributed by atoms with van der Waals surface area (Å²) in [5.41, 5.74) is 0.415. The number of thiophene rings is 1. The van der Waals surface area contributed by atoms with Gasteiger partial charge in [0, 0.05) is 4.88 Å². The van der Waals surface area contributed by atoms with Gasteiger partial charge in [-0.05, 0) is 47.2 Å². The Morgan fingerprint density at radius 2 is 2.12 bits per heavy atom. The molecule has 0 saturated heterocycles. The summed E-state index contributed by atoms with van der Waals surface area (Å²) < 4.78 is 42.0. The summed E-state index contributed by atoms with van der Waals surface area (Å²) in [7, 11) is -3.65. The zero-order valence-corrected chi connectivity index (χ0v) is 14.3. The van der Waals surface area contributed by atoms with Crippen molar-refractivity contribution in [1.82, 2.24) is 24.9 Å². The second-order valence-corrected chi connectivity index (χ2v) is 8.05. The van der Waals surface area contributed by atoms with Crippen molar-refractivity contribution in [2.75, 3.05) is 0 Å². The number of benzene rings is 1. The number of aromatic nitrogens is 4. The molecule has 7 nitrogen and oxygen atoms in total. The SMILES string of the molecule is CCc1ccc(S(=O)(=O)NCc2nnnn2-c2cccc(F)c2)s1. The summed E-state index contributed by atoms with van der Waals surface area (Å²) in [5, 5.41) is 11.1. The van der Waals surface area contributed by atoms with Crippen LogP contribution in [0.3, 0.4) is 0 Å². The molecule has 10 heteroatoms. The van der Waals surface area contributed by atoms with Gasteiger partial charge in [-0.3, -0.25) is 0 Å². The number of tetrazole rings is 1. The molecule has 0 aliphatic carbocycles. The van der Waals surface area contributed by atoms with Crippen molar-refractivity contribution in [2.24, 2.45) is 0 Å². The average molecular weight is 367 g/mol. The van der Waals surface area contributed by atoms with Gasteiger partial charge in [-0.1, -0.05) is 13.0 Å². The van der Waals surface area contributed by atoms with Gasteiger partial charge in [-0.2, -0.15) is 4.68 Å². The fourth-order valence-corrected chi connectivity index (χ4v) is 4.37. The van der Waals surface area contributed by atoms with Crippen LogP contribution in [-0.2, 0) is 23.0 Å². The van der Waals surface area contributed by atoms with Gasteiger partial charge in [0.05, 0.1) is 12.2 Å². The first-order valence-corrected chi connectivity index (χ1v) is 9.41. The minimum absolute atomic E-state index is 0.106. The van der Waals surface area contributed by atoms with Gasteiger partial charge in [0.2, 0.25) is 10.0 Å². The van der Waals surface area contributed by atoms with Crippen LogP contribution in [0, 0.1) is 5.82 Å². The number of nitrogens with zero attached hydrogens (tertiary/aromatic N) is 4. The molecule has 126 valence electrons. The van der Waals surface area contributed by atoms with Crippen LogP contribution >= 0.6 is 11.3 Å². The Balaban J connectivity index is 1.79. The molecular formula is C14H14FN5O2S2. The van der Waals surface area contributed by atoms with E-state index in [2.05, 4.69) is 20.2 Å². The summed E-state index contributed by atoms with van der Waals surface area (Å²) in [6.45, 7) is 1.86. The molecule has 0 amide bonds. The summed E-state index contributed by atoms with van der Waals surface area (Å²) in [6, 6.07) is 9.08. The maximum Gasteiger partial charge on any atom is 0.250 e. The number of rotatable bonds is 6. The van der Waals surface area contributed by atoms with Gasteiger partial charge in [0.1, 0.15) is 10.0 Å². The number of hydrogen-bond donors (Lipinski definition) is 1. The maximum absolute atomic E-state index is 13.3. The first-order valence-electron chi connectivity index (χ1n) is 7.11. The Bertz CT molecular complexity index is 951. The smallest absolute Gasteiger partial charge is 0.207 e. The molecule has 2 heterocycles. The average Bonchev–Trinajstić information content (AvgIpc) is 3.22. The third-order valence-electron chi connectivity index (χ3n) is 3.26. The Morgan fingerprint density at radius 3 is 2.83 bits per heavy atom. The minimum atomic E-state index is -3.65. The largest absolute Gasteiger partial charge is 0.250 e. The lowest BCUT2D eigenvalue weighted by molar-refractivity contribution is 0.579. The van der Waals surface area contributed by atoms with Crippen LogP contribution in [-0.4, -0.2) is 28.6 Å². The minimum Gasteiger partial charge on any atom is -0.207 e. The number of halogens is 1. The maximum atomic E-state index is 13.3. The summed E-state index contributed by atoms with van der Waals surface area (Å²) in [4.78, 5) is 0.986. The number of hydrogen-bond acceptors (Lipinski definition) is 6. The lowest BCUT2D eigenvalue weighted by Crippen LogP contribution is -2.24. The van der Waals surface area contributed by atoms with Crippen molar-refractivity contribution in [3.05, 3.63) is 52.9 Å². The molecule has 0 bridgehead atoms. The molecule has 0 fully saturated rings. The highest BCUT2D eigenvalue weighted by Crippen LogP contribution is 2.22. The third-order valence-corrected chi connectivity index (χ3v) is 6.38. The molecule has 0 saturated carbocycles. The predicted octanol–water partition coefficient (Wildman–Crippen LogP) is 1.90. The zero-order chi connectivity index (χ0) is 17.2. The van der Waals surface area contributed by atoms with Crippen LogP contribution in [0.15, 0.2) is 40.6 Å². The van der Waals surface area contributed by atoms with Gasteiger partial charge < -0.3 is 0 Å². The Kier molecular flexibility index (Phi) is 4.69. The van der Waals surface area contributed by atoms with Crippen LogP contribution < -0.4 is 4.72 Å². The molecule has 1 aromatic carbocycles. The van der Waals surface area contributed by atoms with Crippen LogP contribution in [0.1, 0.15) is 17.6 Å². The van der Waals surface area contributed by atoms with E-state index in [0.717, 1.165) is 11.3 Å². The molecular weight excluding hydrogens is 353 g/mol. The first kappa shape index (κ1) is 16.7. The van der Waals surface area contributed by atoms with E-state index in [4.69, 9.17) is 0 Å². The molecule has 0 atom stereocenters. The van der Waals surface area contributed by atoms with Crippen LogP contribution in [0.4, 0.5) is 4.39 Å². The van der Waals surface area contributed by atoms with Crippen molar-refractivity contribution >= 4 is 21.4 Å². The van der Waals surface area contributed by atoms with E-state index in [0.29, 0.717) is 5.69 Å². The fraction of sp³-hybridized carbons (Fsp3) is 0.214. The molecule has 0 aliphatic heterocycles. The van der Waals surface area contributed by atoms with E-state index in [-0.39, 0.29) is 16.6 Å². The van der Waals surface area contributed by atoms with E-state index >= 15 is 0 Å². The van der Waals surface area contributed by atoms with E-state index in [1.165, 1.54) is 34.2 Å². The third kappa shape index (κ3) is 3.50. The number of nitrogens with one attached hydrogen (secondary N) is 1. The Hall–Kier alpha value is -2.17. The standard InChI is InChI=1S/C14H14FN5O2S2/c1-2-12-6-7-14(23-12)24(21,22)16-9-13-17-18-19-20(13)11-5-3-4-10(15)8-11/h3-8,16H,2,9H2,1H3. The van der Waals surface area contributed by atoms with Gasteiger partial charge in [-0.15, -0.1) is 16.4 Å². The highest BCUT2D eigenvalue weighted by Gasteiger charge is 2.18. The van der Waals surface area contributed by atoms with Gasteiger partial charge in [0.15, 0.2) is 5.82 Å². The lowest BCUT2D eigenvalue weighted by Gasteiger charge is -2.06. The summed E-state index contributed by atoms with van der Waals surface area (Å²) >= 11 is 1.22. The number of aryl methyl sites for hydroxylation is 1. The van der Waals surface area contributed by atoms with Crippen molar-refractivity contribution in [3.63, 3.8) is 0 Å². The highest BCUT2D eigenvalue weighted by molar-refractivity contribution is 7.91. The zero-order valence-electron chi connectivity index (χ0n) is 12.7. The summed E-state index contributed by atoms with van der Waals surface area (Å²) in [6.07, 6.45) is 0.776. The molecule has 0 unspecified atom stereocenters. The molecule has 0 radical (unpaired) electrons. The molecule has 0 aliphatic rings. The van der Waals surface area contributed by atoms with E-state index < -0.39 is 15.8 Å². The Labute approximate surface area is 142 Å². The highest BCUT2D eigenvalue weighted by atomic mass is 32.2. The fourth-order valence-electron chi connectivity index (χ4n) is 2.05. The number of sulfonamides is 1. The second kappa shape index (κ2) is 6.75. The summed E-state index contributed by atoms with van der Waals surface area (Å²) in [5.74, 6) is -0.170. The first-order chi connectivity index (χ1) is 11.5. The van der Waals surface area contributed by atoms with E-state index in [1.807, 2.05) is 6.92 Å². The Morgan fingerprint density at radius 1 is 1.29 bits per heavy atom. The van der Waals surface area contributed by atoms with Crippen molar-refractivity contribution in [3.8, 4) is 5.69 Å². The van der Waals surface area contributed by atoms with Crippen molar-refractivity contribution in [2.45, 2.75) is 24.1 Å². The topological polar surface area (TPSA) is 89.8 Å². The molecule has 24 heavy (non-hydrogen) atoms. The second-order valence-electron chi connectivity index (χ2n) is 4.89. The van der Waals surface area contributed by atoms with Crippen LogP contribution in [0.5, 0.6) is 0 Å². The van der Waals surface area contributed by atoms with Crippen molar-refractivity contribution < 1.29 is 12.8 Å². The molecule has 2 aromatic heterocycles. The van der Waals surface area contributed by atoms with Gasteiger partial charge in [0.25, 0.3) is 0 Å².